The van der Waals surface area contributed by atoms with Crippen LogP contribution in [0, 0.1) is 29.6 Å². The SMILES string of the molecule is CCC(=O)C(CC1C(=O)CC2CCC21)NC(=O)C1C2CCCC2CN1C(=O)c1cc2c(OC)cccc2[nH]1. The molecule has 0 radical (unpaired) electrons. The standard InChI is InChI=1S/C30H37N3O5/c1-3-25(34)23(13-20-18-11-10-16(18)12-26(20)35)32-29(36)28-19-7-4-6-17(19)15-33(28)30(37)24-14-21-22(31-24)8-5-9-27(21)38-2/h5,8-9,14,16-20,23,28,31H,3-4,6-7,10-13,15H2,1-2H3,(H,32,36). The zero-order chi connectivity index (χ0) is 26.6. The molecule has 8 heteroatoms. The third kappa shape index (κ3) is 4.12. The van der Waals surface area contributed by atoms with Crippen molar-refractivity contribution in [1.29, 1.82) is 0 Å². The summed E-state index contributed by atoms with van der Waals surface area (Å²) in [4.78, 5) is 58.3. The van der Waals surface area contributed by atoms with Crippen molar-refractivity contribution in [1.82, 2.24) is 15.2 Å². The molecule has 2 N–H and O–H groups in total. The lowest BCUT2D eigenvalue weighted by molar-refractivity contribution is -0.132. The summed E-state index contributed by atoms with van der Waals surface area (Å²) < 4.78 is 5.46. The van der Waals surface area contributed by atoms with Gasteiger partial charge in [0.15, 0.2) is 5.78 Å². The topological polar surface area (TPSA) is 109 Å². The molecule has 6 rings (SSSR count). The molecule has 2 heterocycles. The fourth-order valence-electron chi connectivity index (χ4n) is 7.79. The summed E-state index contributed by atoms with van der Waals surface area (Å²) in [6, 6.07) is 6.11. The largest absolute Gasteiger partial charge is 0.496 e. The first-order valence-corrected chi connectivity index (χ1v) is 14.2. The van der Waals surface area contributed by atoms with E-state index in [4.69, 9.17) is 4.74 Å². The highest BCUT2D eigenvalue weighted by molar-refractivity contribution is 6.02. The summed E-state index contributed by atoms with van der Waals surface area (Å²) in [5.41, 5.74) is 1.23. The lowest BCUT2D eigenvalue weighted by Gasteiger charge is -2.35. The number of carbonyl (C=O) groups excluding carboxylic acids is 4. The Kier molecular flexibility index (Phi) is 6.52. The number of ether oxygens (including phenoxy) is 1. The average Bonchev–Trinajstić information content (AvgIpc) is 3.66. The number of amides is 2. The summed E-state index contributed by atoms with van der Waals surface area (Å²) in [5.74, 6) is 1.44. The van der Waals surface area contributed by atoms with Crippen molar-refractivity contribution in [2.45, 2.75) is 70.4 Å². The van der Waals surface area contributed by atoms with E-state index >= 15 is 0 Å². The molecular formula is C30H37N3O5. The Morgan fingerprint density at radius 3 is 2.68 bits per heavy atom. The van der Waals surface area contributed by atoms with Gasteiger partial charge in [0, 0.05) is 36.2 Å². The Labute approximate surface area is 222 Å². The van der Waals surface area contributed by atoms with Gasteiger partial charge < -0.3 is 19.9 Å². The van der Waals surface area contributed by atoms with Gasteiger partial charge in [-0.25, -0.2) is 0 Å². The Bertz CT molecular complexity index is 1280. The van der Waals surface area contributed by atoms with Crippen LogP contribution in [0.4, 0.5) is 0 Å². The maximum absolute atomic E-state index is 13.9. The number of aromatic amines is 1. The number of nitrogens with zero attached hydrogens (tertiary/aromatic N) is 1. The molecule has 3 aliphatic carbocycles. The van der Waals surface area contributed by atoms with Crippen molar-refractivity contribution in [2.24, 2.45) is 29.6 Å². The molecular weight excluding hydrogens is 482 g/mol. The number of aromatic nitrogens is 1. The van der Waals surface area contributed by atoms with E-state index in [1.165, 1.54) is 0 Å². The van der Waals surface area contributed by atoms with Gasteiger partial charge in [-0.15, -0.1) is 0 Å². The molecule has 4 fully saturated rings. The van der Waals surface area contributed by atoms with Crippen LogP contribution in [0.15, 0.2) is 24.3 Å². The number of methoxy groups -OCH3 is 1. The normalized spacial score (nSPS) is 30.6. The number of fused-ring (bicyclic) bond motifs is 3. The Morgan fingerprint density at radius 2 is 1.97 bits per heavy atom. The third-order valence-corrected chi connectivity index (χ3v) is 9.91. The van der Waals surface area contributed by atoms with Crippen LogP contribution in [-0.4, -0.2) is 59.0 Å². The van der Waals surface area contributed by atoms with Crippen molar-refractivity contribution < 1.29 is 23.9 Å². The molecule has 1 aromatic carbocycles. The molecule has 0 bridgehead atoms. The minimum Gasteiger partial charge on any atom is -0.496 e. The summed E-state index contributed by atoms with van der Waals surface area (Å²) in [5, 5.41) is 3.87. The molecule has 7 atom stereocenters. The minimum absolute atomic E-state index is 0.0459. The second-order valence-electron chi connectivity index (χ2n) is 11.8. The van der Waals surface area contributed by atoms with Gasteiger partial charge in [0.05, 0.1) is 13.2 Å². The average molecular weight is 520 g/mol. The van der Waals surface area contributed by atoms with Crippen LogP contribution in [0.1, 0.15) is 68.8 Å². The van der Waals surface area contributed by atoms with E-state index in [9.17, 15) is 19.2 Å². The monoisotopic (exact) mass is 519 g/mol. The zero-order valence-electron chi connectivity index (χ0n) is 22.2. The predicted molar refractivity (Wildman–Crippen MR) is 142 cm³/mol. The van der Waals surface area contributed by atoms with Crippen molar-refractivity contribution in [3.05, 3.63) is 30.0 Å². The van der Waals surface area contributed by atoms with Crippen LogP contribution in [0.3, 0.4) is 0 Å². The molecule has 0 spiro atoms. The highest BCUT2D eigenvalue weighted by atomic mass is 16.5. The van der Waals surface area contributed by atoms with Gasteiger partial charge >= 0.3 is 0 Å². The first kappa shape index (κ1) is 25.1. The van der Waals surface area contributed by atoms with Gasteiger partial charge in [-0.2, -0.15) is 0 Å². The number of benzene rings is 1. The number of ketones is 2. The predicted octanol–water partition coefficient (Wildman–Crippen LogP) is 3.89. The zero-order valence-corrected chi connectivity index (χ0v) is 22.2. The van der Waals surface area contributed by atoms with Crippen LogP contribution in [-0.2, 0) is 14.4 Å². The van der Waals surface area contributed by atoms with Crippen molar-refractivity contribution in [3.63, 3.8) is 0 Å². The summed E-state index contributed by atoms with van der Waals surface area (Å²) >= 11 is 0. The van der Waals surface area contributed by atoms with E-state index < -0.39 is 12.1 Å². The Balaban J connectivity index is 1.24. The molecule has 8 nitrogen and oxygen atoms in total. The highest BCUT2D eigenvalue weighted by Crippen LogP contribution is 2.50. The summed E-state index contributed by atoms with van der Waals surface area (Å²) in [6.45, 7) is 2.33. The van der Waals surface area contributed by atoms with Gasteiger partial charge in [-0.3, -0.25) is 19.2 Å². The van der Waals surface area contributed by atoms with Crippen LogP contribution in [0.25, 0.3) is 10.9 Å². The van der Waals surface area contributed by atoms with E-state index in [2.05, 4.69) is 10.3 Å². The molecule has 7 unspecified atom stereocenters. The molecule has 1 aliphatic heterocycles. The van der Waals surface area contributed by atoms with Crippen LogP contribution in [0.2, 0.25) is 0 Å². The first-order chi connectivity index (χ1) is 18.4. The maximum atomic E-state index is 13.9. The number of hydrogen-bond acceptors (Lipinski definition) is 5. The van der Waals surface area contributed by atoms with E-state index in [1.807, 2.05) is 18.2 Å². The van der Waals surface area contributed by atoms with Gasteiger partial charge in [-0.1, -0.05) is 19.4 Å². The minimum atomic E-state index is -0.685. The number of hydrogen-bond donors (Lipinski definition) is 2. The molecule has 3 saturated carbocycles. The second-order valence-corrected chi connectivity index (χ2v) is 11.8. The fraction of sp³-hybridized carbons (Fsp3) is 0.600. The second kappa shape index (κ2) is 9.86. The quantitative estimate of drug-likeness (QED) is 0.550. The number of nitrogens with one attached hydrogen (secondary N) is 2. The number of carbonyl (C=O) groups is 4. The van der Waals surface area contributed by atoms with E-state index in [1.54, 1.807) is 25.0 Å². The molecule has 38 heavy (non-hydrogen) atoms. The molecule has 4 aliphatic rings. The van der Waals surface area contributed by atoms with Crippen molar-refractivity contribution in [2.75, 3.05) is 13.7 Å². The van der Waals surface area contributed by atoms with E-state index in [0.717, 1.165) is 43.0 Å². The van der Waals surface area contributed by atoms with E-state index in [0.29, 0.717) is 49.1 Å². The summed E-state index contributed by atoms with van der Waals surface area (Å²) in [7, 11) is 1.60. The Morgan fingerprint density at radius 1 is 1.13 bits per heavy atom. The maximum Gasteiger partial charge on any atom is 0.271 e. The molecule has 2 amide bonds. The third-order valence-electron chi connectivity index (χ3n) is 9.91. The van der Waals surface area contributed by atoms with Crippen LogP contribution in [0.5, 0.6) is 5.75 Å². The fourth-order valence-corrected chi connectivity index (χ4v) is 7.79. The number of likely N-dealkylation sites (tertiary alicyclic amines) is 1. The number of rotatable bonds is 8. The van der Waals surface area contributed by atoms with Gasteiger partial charge in [0.2, 0.25) is 5.91 Å². The van der Waals surface area contributed by atoms with Gasteiger partial charge in [0.25, 0.3) is 5.91 Å². The van der Waals surface area contributed by atoms with Crippen molar-refractivity contribution in [3.8, 4) is 5.75 Å². The van der Waals surface area contributed by atoms with Gasteiger partial charge in [-0.05, 0) is 74.0 Å². The lowest BCUT2D eigenvalue weighted by Crippen LogP contribution is -2.53. The Hall–Kier alpha value is -3.16. The van der Waals surface area contributed by atoms with E-state index in [-0.39, 0.29) is 41.1 Å². The molecule has 2 aromatic rings. The van der Waals surface area contributed by atoms with Gasteiger partial charge in [0.1, 0.15) is 23.3 Å². The van der Waals surface area contributed by atoms with Crippen LogP contribution >= 0.6 is 0 Å². The molecule has 1 aromatic heterocycles. The first-order valence-electron chi connectivity index (χ1n) is 14.2. The molecule has 1 saturated heterocycles. The number of H-pyrrole nitrogens is 1. The molecule has 202 valence electrons. The highest BCUT2D eigenvalue weighted by Gasteiger charge is 2.51. The lowest BCUT2D eigenvalue weighted by atomic mass is 9.71. The van der Waals surface area contributed by atoms with Crippen LogP contribution < -0.4 is 10.1 Å². The summed E-state index contributed by atoms with van der Waals surface area (Å²) in [6.07, 6.45) is 6.35. The van der Waals surface area contributed by atoms with Crippen molar-refractivity contribution >= 4 is 34.3 Å². The number of Topliss-reactive ketones (excluding diaryl/α,β-unsaturated/α-hetero) is 2. The smallest absolute Gasteiger partial charge is 0.271 e.